The second-order valence-electron chi connectivity index (χ2n) is 2.69. The van der Waals surface area contributed by atoms with Crippen LogP contribution < -0.4 is 5.56 Å². The van der Waals surface area contributed by atoms with E-state index in [0.717, 1.165) is 6.42 Å². The lowest BCUT2D eigenvalue weighted by Gasteiger charge is -2.03. The van der Waals surface area contributed by atoms with Crippen LogP contribution in [0.15, 0.2) is 23.1 Å². The normalized spacial score (nSPS) is 10.0. The van der Waals surface area contributed by atoms with Crippen molar-refractivity contribution in [1.29, 1.82) is 0 Å². The fraction of sp³-hybridized carbons (Fsp3) is 0.333. The molecule has 0 aliphatic carbocycles. The Balaban J connectivity index is 3.19. The summed E-state index contributed by atoms with van der Waals surface area (Å²) in [5.41, 5.74) is -0.276. The number of aromatic nitrogens is 1. The van der Waals surface area contributed by atoms with E-state index in [2.05, 4.69) is 0 Å². The maximum absolute atomic E-state index is 11.5. The smallest absolute Gasteiger partial charge is 0.262 e. The minimum Gasteiger partial charge on any atom is -0.315 e. The van der Waals surface area contributed by atoms with E-state index >= 15 is 0 Å². The summed E-state index contributed by atoms with van der Waals surface area (Å²) in [5.74, 6) is 0. The lowest BCUT2D eigenvalue weighted by Crippen LogP contribution is -2.24. The van der Waals surface area contributed by atoms with E-state index in [9.17, 15) is 9.59 Å². The predicted molar refractivity (Wildman–Crippen MR) is 51.2 cm³/mol. The number of carbonyl (C=O) groups is 1. The molecule has 0 saturated carbocycles. The maximum atomic E-state index is 11.5. The fourth-order valence-electron chi connectivity index (χ4n) is 1.10. The standard InChI is InChI=1S/C9H10ClNO2/c1-2-5-11-6-3-4-7(8(10)12)9(11)13/h3-4,6H,2,5H2,1H3. The van der Waals surface area contributed by atoms with Gasteiger partial charge in [-0.25, -0.2) is 0 Å². The van der Waals surface area contributed by atoms with Gasteiger partial charge in [0.15, 0.2) is 0 Å². The molecule has 1 heterocycles. The Morgan fingerprint density at radius 3 is 2.85 bits per heavy atom. The maximum Gasteiger partial charge on any atom is 0.262 e. The summed E-state index contributed by atoms with van der Waals surface area (Å²) in [6.45, 7) is 2.57. The SMILES string of the molecule is CCCn1cccc(C(=O)Cl)c1=O. The van der Waals surface area contributed by atoms with Gasteiger partial charge in [-0.05, 0) is 30.2 Å². The first-order valence-electron chi connectivity index (χ1n) is 4.06. The average Bonchev–Trinajstić information content (AvgIpc) is 2.08. The van der Waals surface area contributed by atoms with Crippen molar-refractivity contribution in [3.63, 3.8) is 0 Å². The van der Waals surface area contributed by atoms with Gasteiger partial charge in [0.1, 0.15) is 0 Å². The Morgan fingerprint density at radius 1 is 1.62 bits per heavy atom. The molecule has 0 spiro atoms. The van der Waals surface area contributed by atoms with E-state index in [1.165, 1.54) is 10.6 Å². The molecule has 13 heavy (non-hydrogen) atoms. The molecule has 0 aliphatic heterocycles. The van der Waals surface area contributed by atoms with Crippen LogP contribution in [0.3, 0.4) is 0 Å². The number of carbonyl (C=O) groups excluding carboxylic acids is 1. The molecule has 0 fully saturated rings. The van der Waals surface area contributed by atoms with Crippen LogP contribution in [0.1, 0.15) is 23.7 Å². The molecule has 0 aromatic carbocycles. The zero-order valence-corrected chi connectivity index (χ0v) is 8.04. The van der Waals surface area contributed by atoms with E-state index in [1.807, 2.05) is 6.92 Å². The second kappa shape index (κ2) is 4.23. The Hall–Kier alpha value is -1.09. The molecular weight excluding hydrogens is 190 g/mol. The lowest BCUT2D eigenvalue weighted by molar-refractivity contribution is 0.107. The first kappa shape index (κ1) is 9.99. The van der Waals surface area contributed by atoms with Crippen molar-refractivity contribution in [3.8, 4) is 0 Å². The van der Waals surface area contributed by atoms with Crippen LogP contribution in [0.5, 0.6) is 0 Å². The molecule has 0 N–H and O–H groups in total. The molecule has 1 aromatic rings. The number of rotatable bonds is 3. The monoisotopic (exact) mass is 199 g/mol. The number of halogens is 1. The van der Waals surface area contributed by atoms with E-state index in [1.54, 1.807) is 12.3 Å². The first-order valence-corrected chi connectivity index (χ1v) is 4.44. The van der Waals surface area contributed by atoms with E-state index in [4.69, 9.17) is 11.6 Å². The fourth-order valence-corrected chi connectivity index (χ4v) is 1.25. The van der Waals surface area contributed by atoms with Crippen molar-refractivity contribution in [1.82, 2.24) is 4.57 Å². The third-order valence-corrected chi connectivity index (χ3v) is 1.90. The van der Waals surface area contributed by atoms with Gasteiger partial charge in [0.2, 0.25) is 0 Å². The van der Waals surface area contributed by atoms with Crippen molar-refractivity contribution in [2.45, 2.75) is 19.9 Å². The Bertz CT molecular complexity index is 370. The van der Waals surface area contributed by atoms with Crippen molar-refractivity contribution >= 4 is 16.8 Å². The molecule has 0 saturated heterocycles. The molecule has 0 unspecified atom stereocenters. The summed E-state index contributed by atoms with van der Waals surface area (Å²) in [6, 6.07) is 3.08. The van der Waals surface area contributed by atoms with Crippen LogP contribution in [0.25, 0.3) is 0 Å². The second-order valence-corrected chi connectivity index (χ2v) is 3.04. The molecule has 0 amide bonds. The zero-order chi connectivity index (χ0) is 9.84. The minimum absolute atomic E-state index is 0.0395. The highest BCUT2D eigenvalue weighted by molar-refractivity contribution is 6.67. The molecule has 0 aliphatic rings. The summed E-state index contributed by atoms with van der Waals surface area (Å²) in [7, 11) is 0. The number of aryl methyl sites for hydroxylation is 1. The Kier molecular flexibility index (Phi) is 3.25. The van der Waals surface area contributed by atoms with E-state index in [-0.39, 0.29) is 11.1 Å². The number of hydrogen-bond donors (Lipinski definition) is 0. The summed E-state index contributed by atoms with van der Waals surface area (Å²) in [5, 5.41) is -0.699. The third kappa shape index (κ3) is 2.18. The first-order chi connectivity index (χ1) is 6.16. The summed E-state index contributed by atoms with van der Waals surface area (Å²) < 4.78 is 1.48. The van der Waals surface area contributed by atoms with E-state index < -0.39 is 5.24 Å². The molecule has 1 aromatic heterocycles. The molecule has 70 valence electrons. The summed E-state index contributed by atoms with van der Waals surface area (Å²) in [6.07, 6.45) is 2.50. The molecular formula is C9H10ClNO2. The van der Waals surface area contributed by atoms with Gasteiger partial charge < -0.3 is 4.57 Å². The highest BCUT2D eigenvalue weighted by Crippen LogP contribution is 1.97. The van der Waals surface area contributed by atoms with Crippen molar-refractivity contribution in [2.75, 3.05) is 0 Å². The number of nitrogens with zero attached hydrogens (tertiary/aromatic N) is 1. The predicted octanol–water partition coefficient (Wildman–Crippen LogP) is 1.64. The highest BCUT2D eigenvalue weighted by Gasteiger charge is 2.07. The summed E-state index contributed by atoms with van der Waals surface area (Å²) >= 11 is 5.23. The topological polar surface area (TPSA) is 39.1 Å². The largest absolute Gasteiger partial charge is 0.315 e. The van der Waals surface area contributed by atoms with Crippen LogP contribution in [-0.2, 0) is 6.54 Å². The zero-order valence-electron chi connectivity index (χ0n) is 7.29. The molecule has 1 rings (SSSR count). The molecule has 4 heteroatoms. The van der Waals surface area contributed by atoms with Crippen molar-refractivity contribution in [3.05, 3.63) is 34.2 Å². The Morgan fingerprint density at radius 2 is 2.31 bits per heavy atom. The van der Waals surface area contributed by atoms with Gasteiger partial charge >= 0.3 is 0 Å². The van der Waals surface area contributed by atoms with Gasteiger partial charge in [-0.2, -0.15) is 0 Å². The minimum atomic E-state index is -0.699. The van der Waals surface area contributed by atoms with Crippen LogP contribution in [-0.4, -0.2) is 9.81 Å². The van der Waals surface area contributed by atoms with Crippen molar-refractivity contribution < 1.29 is 4.79 Å². The third-order valence-electron chi connectivity index (χ3n) is 1.70. The molecule has 0 atom stereocenters. The van der Waals surface area contributed by atoms with Crippen LogP contribution in [0.4, 0.5) is 0 Å². The van der Waals surface area contributed by atoms with E-state index in [0.29, 0.717) is 6.54 Å². The highest BCUT2D eigenvalue weighted by atomic mass is 35.5. The Labute approximate surface area is 80.9 Å². The summed E-state index contributed by atoms with van der Waals surface area (Å²) in [4.78, 5) is 22.2. The lowest BCUT2D eigenvalue weighted by atomic mass is 10.3. The van der Waals surface area contributed by atoms with Crippen LogP contribution >= 0.6 is 11.6 Å². The number of pyridine rings is 1. The molecule has 0 radical (unpaired) electrons. The molecule has 0 bridgehead atoms. The average molecular weight is 200 g/mol. The van der Waals surface area contributed by atoms with Gasteiger partial charge in [-0.3, -0.25) is 9.59 Å². The molecule has 3 nitrogen and oxygen atoms in total. The van der Waals surface area contributed by atoms with Gasteiger partial charge in [-0.1, -0.05) is 6.92 Å². The van der Waals surface area contributed by atoms with Gasteiger partial charge in [-0.15, -0.1) is 0 Å². The van der Waals surface area contributed by atoms with Gasteiger partial charge in [0.05, 0.1) is 5.56 Å². The number of hydrogen-bond acceptors (Lipinski definition) is 2. The van der Waals surface area contributed by atoms with Gasteiger partial charge in [0.25, 0.3) is 10.8 Å². The van der Waals surface area contributed by atoms with Gasteiger partial charge in [0, 0.05) is 12.7 Å². The van der Waals surface area contributed by atoms with Crippen molar-refractivity contribution in [2.24, 2.45) is 0 Å². The van der Waals surface area contributed by atoms with Crippen LogP contribution in [0.2, 0.25) is 0 Å². The van der Waals surface area contributed by atoms with Crippen LogP contribution in [0, 0.1) is 0 Å². The quantitative estimate of drug-likeness (QED) is 0.695.